The van der Waals surface area contributed by atoms with Gasteiger partial charge in [-0.1, -0.05) is 11.3 Å². The molecule has 2 N–H and O–H groups in total. The maximum absolute atomic E-state index is 12.5. The number of hydrogen-bond donors (Lipinski definition) is 2. The van der Waals surface area contributed by atoms with Crippen molar-refractivity contribution in [3.05, 3.63) is 46.2 Å². The monoisotopic (exact) mass is 388 g/mol. The molecular weight excluding hydrogens is 381 g/mol. The Morgan fingerprint density at radius 3 is 2.48 bits per heavy atom. The average molecular weight is 388 g/mol. The quantitative estimate of drug-likeness (QED) is 0.710. The minimum Gasteiger partial charge on any atom is -0.459 e. The van der Waals surface area contributed by atoms with Crippen LogP contribution in [0.2, 0.25) is 0 Å². The summed E-state index contributed by atoms with van der Waals surface area (Å²) in [5.74, 6) is -1.04. The van der Waals surface area contributed by atoms with Crippen LogP contribution in [-0.4, -0.2) is 22.0 Å². The molecule has 0 bridgehead atoms. The van der Waals surface area contributed by atoms with E-state index in [1.165, 1.54) is 24.5 Å². The number of nitrogens with one attached hydrogen (secondary N) is 2. The number of carbonyl (C=O) groups is 2. The minimum absolute atomic E-state index is 0.105. The van der Waals surface area contributed by atoms with Crippen molar-refractivity contribution in [2.24, 2.45) is 0 Å². The molecule has 3 heterocycles. The average Bonchev–Trinajstić information content (AvgIpc) is 3.28. The molecule has 12 heteroatoms. The third kappa shape index (κ3) is 4.03. The molecule has 130 valence electrons. The Morgan fingerprint density at radius 1 is 1.04 bits per heavy atom. The second-order valence-corrected chi connectivity index (χ2v) is 6.52. The van der Waals surface area contributed by atoms with E-state index in [4.69, 9.17) is 4.42 Å². The smallest absolute Gasteiger partial charge is 0.445 e. The Kier molecular flexibility index (Phi) is 4.55. The summed E-state index contributed by atoms with van der Waals surface area (Å²) >= 11 is 1.17. The highest BCUT2D eigenvalue weighted by Gasteiger charge is 2.35. The van der Waals surface area contributed by atoms with E-state index in [0.717, 1.165) is 11.3 Å². The third-order valence-corrected chi connectivity index (χ3v) is 4.58. The molecule has 0 saturated carbocycles. The highest BCUT2D eigenvalue weighted by molar-refractivity contribution is 7.18. The summed E-state index contributed by atoms with van der Waals surface area (Å²) in [5, 5.41) is 9.97. The van der Waals surface area contributed by atoms with Crippen LogP contribution in [0.4, 0.5) is 23.3 Å². The topological polar surface area (TPSA) is 97.1 Å². The van der Waals surface area contributed by atoms with Gasteiger partial charge < -0.3 is 9.73 Å². The summed E-state index contributed by atoms with van der Waals surface area (Å²) in [6.07, 6.45) is -3.27. The molecule has 0 aliphatic heterocycles. The molecule has 25 heavy (non-hydrogen) atoms. The summed E-state index contributed by atoms with van der Waals surface area (Å²) in [7, 11) is 0. The van der Waals surface area contributed by atoms with E-state index in [1.807, 2.05) is 0 Å². The predicted octanol–water partition coefficient (Wildman–Crippen LogP) is 3.72. The van der Waals surface area contributed by atoms with Gasteiger partial charge in [0.25, 0.3) is 11.8 Å². The predicted molar refractivity (Wildman–Crippen MR) is 83.8 cm³/mol. The Hall–Kier alpha value is -2.73. The zero-order valence-corrected chi connectivity index (χ0v) is 13.6. The summed E-state index contributed by atoms with van der Waals surface area (Å²) in [4.78, 5) is 24.0. The van der Waals surface area contributed by atoms with Crippen LogP contribution >= 0.6 is 22.7 Å². The van der Waals surface area contributed by atoms with E-state index in [2.05, 4.69) is 20.8 Å². The lowest BCUT2D eigenvalue weighted by Gasteiger charge is -1.99. The Bertz CT molecular complexity index is 902. The molecule has 0 unspecified atom stereocenters. The van der Waals surface area contributed by atoms with Crippen LogP contribution < -0.4 is 10.6 Å². The number of thiophene rings is 1. The lowest BCUT2D eigenvalue weighted by Crippen LogP contribution is -2.10. The maximum Gasteiger partial charge on any atom is 0.445 e. The van der Waals surface area contributed by atoms with E-state index in [-0.39, 0.29) is 27.1 Å². The molecule has 7 nitrogen and oxygen atoms in total. The van der Waals surface area contributed by atoms with E-state index in [9.17, 15) is 22.8 Å². The molecule has 3 rings (SSSR count). The normalized spacial score (nSPS) is 11.3. The Morgan fingerprint density at radius 2 is 1.84 bits per heavy atom. The Labute approximate surface area is 145 Å². The Balaban J connectivity index is 1.64. The molecule has 0 radical (unpaired) electrons. The lowest BCUT2D eigenvalue weighted by molar-refractivity contribution is -0.138. The van der Waals surface area contributed by atoms with Crippen molar-refractivity contribution in [3.63, 3.8) is 0 Å². The fourth-order valence-electron chi connectivity index (χ4n) is 1.66. The van der Waals surface area contributed by atoms with Gasteiger partial charge in [0.15, 0.2) is 5.76 Å². The minimum atomic E-state index is -4.62. The summed E-state index contributed by atoms with van der Waals surface area (Å²) < 4.78 is 42.3. The number of halogens is 3. The van der Waals surface area contributed by atoms with Crippen LogP contribution in [0.15, 0.2) is 34.9 Å². The molecule has 0 aliphatic rings. The van der Waals surface area contributed by atoms with Crippen molar-refractivity contribution < 1.29 is 27.2 Å². The summed E-state index contributed by atoms with van der Waals surface area (Å²) in [5.41, 5.74) is 0. The highest BCUT2D eigenvalue weighted by atomic mass is 32.1. The number of hydrogen-bond acceptors (Lipinski definition) is 7. The number of nitrogens with zero attached hydrogens (tertiary/aromatic N) is 2. The number of carbonyl (C=O) groups excluding carboxylic acids is 2. The van der Waals surface area contributed by atoms with Crippen molar-refractivity contribution >= 4 is 44.6 Å². The SMILES string of the molecule is O=C(Nc1ccc(C(=O)Nc2nnc(C(F)(F)F)s2)s1)c1ccco1. The van der Waals surface area contributed by atoms with Crippen LogP contribution in [0.25, 0.3) is 0 Å². The van der Waals surface area contributed by atoms with Crippen molar-refractivity contribution in [1.82, 2.24) is 10.2 Å². The number of furan rings is 1. The zero-order valence-electron chi connectivity index (χ0n) is 12.0. The van der Waals surface area contributed by atoms with Gasteiger partial charge >= 0.3 is 6.18 Å². The molecule has 3 aromatic heterocycles. The third-order valence-electron chi connectivity index (χ3n) is 2.70. The van der Waals surface area contributed by atoms with E-state index in [1.54, 1.807) is 6.07 Å². The second kappa shape index (κ2) is 6.64. The first-order valence-corrected chi connectivity index (χ1v) is 8.13. The summed E-state index contributed by atoms with van der Waals surface area (Å²) in [6.45, 7) is 0. The first-order chi connectivity index (χ1) is 11.8. The number of alkyl halides is 3. The molecule has 0 fully saturated rings. The number of anilines is 2. The van der Waals surface area contributed by atoms with Crippen LogP contribution in [0, 0.1) is 0 Å². The van der Waals surface area contributed by atoms with Crippen molar-refractivity contribution in [2.45, 2.75) is 6.18 Å². The van der Waals surface area contributed by atoms with Gasteiger partial charge in [-0.25, -0.2) is 0 Å². The fraction of sp³-hybridized carbons (Fsp3) is 0.0769. The van der Waals surface area contributed by atoms with Crippen molar-refractivity contribution in [2.75, 3.05) is 10.6 Å². The van der Waals surface area contributed by atoms with Gasteiger partial charge in [0.2, 0.25) is 10.1 Å². The van der Waals surface area contributed by atoms with Gasteiger partial charge in [-0.15, -0.1) is 21.5 Å². The van der Waals surface area contributed by atoms with Gasteiger partial charge in [-0.3, -0.25) is 14.9 Å². The lowest BCUT2D eigenvalue weighted by atomic mass is 10.4. The van der Waals surface area contributed by atoms with E-state index >= 15 is 0 Å². The van der Waals surface area contributed by atoms with Crippen LogP contribution in [0.5, 0.6) is 0 Å². The molecule has 3 aromatic rings. The second-order valence-electron chi connectivity index (χ2n) is 4.46. The van der Waals surface area contributed by atoms with Crippen LogP contribution in [0.1, 0.15) is 25.2 Å². The van der Waals surface area contributed by atoms with E-state index < -0.39 is 23.0 Å². The molecule has 0 aromatic carbocycles. The molecule has 2 amide bonds. The van der Waals surface area contributed by atoms with Crippen molar-refractivity contribution in [1.29, 1.82) is 0 Å². The zero-order chi connectivity index (χ0) is 18.0. The largest absolute Gasteiger partial charge is 0.459 e. The van der Waals surface area contributed by atoms with Gasteiger partial charge in [-0.2, -0.15) is 13.2 Å². The van der Waals surface area contributed by atoms with Gasteiger partial charge in [0, 0.05) is 0 Å². The van der Waals surface area contributed by atoms with Gasteiger partial charge in [-0.05, 0) is 24.3 Å². The van der Waals surface area contributed by atoms with Gasteiger partial charge in [0.1, 0.15) is 0 Å². The summed E-state index contributed by atoms with van der Waals surface area (Å²) in [6, 6.07) is 5.94. The van der Waals surface area contributed by atoms with Crippen LogP contribution in [0.3, 0.4) is 0 Å². The van der Waals surface area contributed by atoms with E-state index in [0.29, 0.717) is 5.00 Å². The molecule has 0 saturated heterocycles. The standard InChI is InChI=1S/C13H7F3N4O3S2/c14-13(15,16)11-19-20-12(25-11)18-10(22)7-3-4-8(24-7)17-9(21)6-2-1-5-23-6/h1-5H,(H,17,21)(H,18,20,22). The van der Waals surface area contributed by atoms with Crippen molar-refractivity contribution in [3.8, 4) is 0 Å². The molecule has 0 spiro atoms. The first-order valence-electron chi connectivity index (χ1n) is 6.49. The first kappa shape index (κ1) is 17.1. The number of aromatic nitrogens is 2. The number of amides is 2. The highest BCUT2D eigenvalue weighted by Crippen LogP contribution is 2.33. The maximum atomic E-state index is 12.5. The fourth-order valence-corrected chi connectivity index (χ4v) is 3.06. The van der Waals surface area contributed by atoms with Gasteiger partial charge in [0.05, 0.1) is 16.1 Å². The molecule has 0 aliphatic carbocycles. The van der Waals surface area contributed by atoms with Crippen LogP contribution in [-0.2, 0) is 6.18 Å². The molecular formula is C13H7F3N4O3S2. The number of rotatable bonds is 4. The molecule has 0 atom stereocenters.